The first kappa shape index (κ1) is 28.1. The molecule has 0 bridgehead atoms. The molecular weight excluding hydrogens is 585 g/mol. The first-order valence-corrected chi connectivity index (χ1v) is 16.7. The number of fused-ring (bicyclic) bond motifs is 6. The Bertz CT molecular complexity index is 2350. The van der Waals surface area contributed by atoms with Crippen molar-refractivity contribution in [2.75, 3.05) is 4.90 Å². The molecule has 4 atom stereocenters. The number of para-hydroxylation sites is 2. The number of nitrogens with zero attached hydrogens (tertiary/aromatic N) is 4. The van der Waals surface area contributed by atoms with E-state index in [1.807, 2.05) is 6.07 Å². The Labute approximate surface area is 280 Å². The van der Waals surface area contributed by atoms with E-state index in [0.29, 0.717) is 11.5 Å². The van der Waals surface area contributed by atoms with Gasteiger partial charge in [-0.15, -0.1) is 0 Å². The second kappa shape index (κ2) is 11.3. The molecule has 2 heterocycles. The molecule has 4 aliphatic rings. The average Bonchev–Trinajstić information content (AvgIpc) is 3.68. The summed E-state index contributed by atoms with van der Waals surface area (Å²) < 4.78 is 2.33. The molecule has 4 aromatic carbocycles. The molecule has 0 saturated carbocycles. The van der Waals surface area contributed by atoms with E-state index >= 15 is 0 Å². The van der Waals surface area contributed by atoms with Gasteiger partial charge in [0, 0.05) is 39.9 Å². The molecule has 1 aromatic heterocycles. The van der Waals surface area contributed by atoms with Gasteiger partial charge >= 0.3 is 0 Å². The summed E-state index contributed by atoms with van der Waals surface area (Å²) in [4.78, 5) is 2.58. The molecule has 0 radical (unpaired) electrons. The summed E-state index contributed by atoms with van der Waals surface area (Å²) in [7, 11) is 0. The van der Waals surface area contributed by atoms with Crippen LogP contribution in [-0.2, 0) is 6.42 Å². The first-order chi connectivity index (χ1) is 23.7. The van der Waals surface area contributed by atoms with Gasteiger partial charge in [0.1, 0.15) is 0 Å². The lowest BCUT2D eigenvalue weighted by Crippen LogP contribution is -2.44. The maximum absolute atomic E-state index is 10.0. The number of benzene rings is 4. The summed E-state index contributed by atoms with van der Waals surface area (Å²) in [6, 6.07) is 37.3. The van der Waals surface area contributed by atoms with Crippen LogP contribution in [-0.4, -0.2) is 16.7 Å². The predicted octanol–water partition coefficient (Wildman–Crippen LogP) is 9.70. The maximum atomic E-state index is 10.0. The standard InChI is InChI=1S/C44H32N4/c45-27-29-20-25-33(30-21-23-32(24-22-30)47-42-18-8-4-14-37(42)44-31(28-46)10-9-19-43(44)47)38(26-29)36-13-3-7-17-41(36)48-39-15-5-1-11-34(39)35-12-2-6-16-40(35)48/h1-8,10-18,20-26,34,36,39,41H,9,19H2. The van der Waals surface area contributed by atoms with Crippen molar-refractivity contribution in [3.63, 3.8) is 0 Å². The van der Waals surface area contributed by atoms with Crippen molar-refractivity contribution in [3.05, 3.63) is 174 Å². The number of hydrogen-bond donors (Lipinski definition) is 0. The van der Waals surface area contributed by atoms with Crippen molar-refractivity contribution in [2.24, 2.45) is 0 Å². The van der Waals surface area contributed by atoms with Gasteiger partial charge in [-0.3, -0.25) is 0 Å². The van der Waals surface area contributed by atoms with Gasteiger partial charge in [-0.25, -0.2) is 0 Å². The lowest BCUT2D eigenvalue weighted by atomic mass is 9.81. The molecule has 4 unspecified atom stereocenters. The van der Waals surface area contributed by atoms with E-state index in [0.717, 1.165) is 57.3 Å². The van der Waals surface area contributed by atoms with Crippen LogP contribution in [0.2, 0.25) is 0 Å². The quantitative estimate of drug-likeness (QED) is 0.202. The van der Waals surface area contributed by atoms with Gasteiger partial charge in [-0.2, -0.15) is 10.5 Å². The number of aromatic nitrogens is 1. The molecule has 3 aliphatic carbocycles. The van der Waals surface area contributed by atoms with Crippen LogP contribution in [0.4, 0.5) is 5.69 Å². The molecule has 0 N–H and O–H groups in total. The number of rotatable bonds is 4. The second-order valence-corrected chi connectivity index (χ2v) is 12.9. The second-order valence-electron chi connectivity index (χ2n) is 12.9. The normalized spacial score (nSPS) is 21.7. The van der Waals surface area contributed by atoms with Crippen molar-refractivity contribution in [3.8, 4) is 29.0 Å². The molecule has 4 nitrogen and oxygen atoms in total. The van der Waals surface area contributed by atoms with Crippen LogP contribution in [0.15, 0.2) is 146 Å². The highest BCUT2D eigenvalue weighted by Crippen LogP contribution is 2.48. The summed E-state index contributed by atoms with van der Waals surface area (Å²) in [5.74, 6) is 0.361. The SMILES string of the molecule is N#CC1=CCCc2c1c1ccccc1n2-c1ccc(-c2ccc(C#N)cc2C2C=CC=CC2N2c3ccccc3C3C=CC=CC32)cc1. The molecular formula is C44H32N4. The van der Waals surface area contributed by atoms with E-state index in [1.54, 1.807) is 0 Å². The Hall–Kier alpha value is -6.10. The third-order valence-electron chi connectivity index (χ3n) is 10.5. The highest BCUT2D eigenvalue weighted by molar-refractivity contribution is 6.00. The smallest absolute Gasteiger partial charge is 0.0995 e. The zero-order chi connectivity index (χ0) is 32.2. The Morgan fingerprint density at radius 2 is 1.38 bits per heavy atom. The van der Waals surface area contributed by atoms with Crippen LogP contribution in [0, 0.1) is 22.7 Å². The van der Waals surface area contributed by atoms with Crippen molar-refractivity contribution in [1.82, 2.24) is 4.57 Å². The Balaban J connectivity index is 1.14. The number of anilines is 1. The molecule has 228 valence electrons. The van der Waals surface area contributed by atoms with Gasteiger partial charge < -0.3 is 9.47 Å². The van der Waals surface area contributed by atoms with Crippen molar-refractivity contribution >= 4 is 22.2 Å². The van der Waals surface area contributed by atoms with E-state index in [9.17, 15) is 10.5 Å². The molecule has 0 spiro atoms. The molecule has 0 fully saturated rings. The Morgan fingerprint density at radius 3 is 2.15 bits per heavy atom. The molecule has 0 saturated heterocycles. The van der Waals surface area contributed by atoms with Crippen LogP contribution in [0.25, 0.3) is 33.3 Å². The number of hydrogen-bond acceptors (Lipinski definition) is 3. The van der Waals surface area contributed by atoms with Gasteiger partial charge in [-0.05, 0) is 71.5 Å². The summed E-state index contributed by atoms with van der Waals surface area (Å²) in [6.07, 6.45) is 21.8. The Kier molecular flexibility index (Phi) is 6.63. The monoisotopic (exact) mass is 616 g/mol. The first-order valence-electron chi connectivity index (χ1n) is 16.7. The van der Waals surface area contributed by atoms with Crippen molar-refractivity contribution < 1.29 is 0 Å². The van der Waals surface area contributed by atoms with E-state index in [2.05, 4.69) is 161 Å². The van der Waals surface area contributed by atoms with E-state index in [1.165, 1.54) is 16.9 Å². The Morgan fingerprint density at radius 1 is 0.667 bits per heavy atom. The fourth-order valence-corrected chi connectivity index (χ4v) is 8.46. The number of nitriles is 2. The van der Waals surface area contributed by atoms with Gasteiger partial charge in [0.2, 0.25) is 0 Å². The fraction of sp³-hybridized carbons (Fsp3) is 0.136. The molecule has 5 aromatic rings. The van der Waals surface area contributed by atoms with Crippen molar-refractivity contribution in [1.29, 1.82) is 10.5 Å². The summed E-state index contributed by atoms with van der Waals surface area (Å²) in [6.45, 7) is 0. The molecule has 4 heteroatoms. The van der Waals surface area contributed by atoms with Gasteiger partial charge in [0.15, 0.2) is 0 Å². The van der Waals surface area contributed by atoms with Gasteiger partial charge in [0.25, 0.3) is 0 Å². The fourth-order valence-electron chi connectivity index (χ4n) is 8.46. The zero-order valence-electron chi connectivity index (χ0n) is 26.4. The third kappa shape index (κ3) is 4.27. The summed E-state index contributed by atoms with van der Waals surface area (Å²) in [5, 5.41) is 21.1. The summed E-state index contributed by atoms with van der Waals surface area (Å²) in [5.41, 5.74) is 11.9. The maximum Gasteiger partial charge on any atom is 0.0995 e. The van der Waals surface area contributed by atoms with E-state index < -0.39 is 0 Å². The highest BCUT2D eigenvalue weighted by atomic mass is 15.2. The van der Waals surface area contributed by atoms with Crippen LogP contribution >= 0.6 is 0 Å². The van der Waals surface area contributed by atoms with Gasteiger partial charge in [-0.1, -0.05) is 109 Å². The molecule has 9 rings (SSSR count). The van der Waals surface area contributed by atoms with Crippen molar-refractivity contribution in [2.45, 2.75) is 36.8 Å². The topological polar surface area (TPSA) is 55.8 Å². The average molecular weight is 617 g/mol. The number of allylic oxidation sites excluding steroid dienone is 6. The predicted molar refractivity (Wildman–Crippen MR) is 194 cm³/mol. The van der Waals surface area contributed by atoms with Crippen LogP contribution in [0.5, 0.6) is 0 Å². The van der Waals surface area contributed by atoms with Crippen LogP contribution in [0.1, 0.15) is 46.2 Å². The van der Waals surface area contributed by atoms with E-state index in [-0.39, 0.29) is 18.0 Å². The summed E-state index contributed by atoms with van der Waals surface area (Å²) >= 11 is 0. The van der Waals surface area contributed by atoms with Crippen LogP contribution < -0.4 is 4.90 Å². The minimum atomic E-state index is 0.0423. The third-order valence-corrected chi connectivity index (χ3v) is 10.5. The van der Waals surface area contributed by atoms with E-state index in [4.69, 9.17) is 0 Å². The van der Waals surface area contributed by atoms with Crippen LogP contribution in [0.3, 0.4) is 0 Å². The lowest BCUT2D eigenvalue weighted by Gasteiger charge is -2.40. The minimum absolute atomic E-state index is 0.0423. The lowest BCUT2D eigenvalue weighted by molar-refractivity contribution is 0.575. The molecule has 48 heavy (non-hydrogen) atoms. The highest BCUT2D eigenvalue weighted by Gasteiger charge is 2.42. The molecule has 1 aliphatic heterocycles. The largest absolute Gasteiger partial charge is 0.357 e. The van der Waals surface area contributed by atoms with Gasteiger partial charge in [0.05, 0.1) is 40.9 Å². The zero-order valence-corrected chi connectivity index (χ0v) is 26.4. The minimum Gasteiger partial charge on any atom is -0.357 e. The molecule has 0 amide bonds.